The monoisotopic (exact) mass is 263 g/mol. The minimum atomic E-state index is -0.372. The van der Waals surface area contributed by atoms with E-state index in [1.807, 2.05) is 0 Å². The molecule has 104 valence electrons. The van der Waals surface area contributed by atoms with Crippen LogP contribution in [0.5, 0.6) is 0 Å². The first kappa shape index (κ1) is 13.8. The van der Waals surface area contributed by atoms with E-state index in [1.165, 1.54) is 25.5 Å². The van der Waals surface area contributed by atoms with E-state index in [1.54, 1.807) is 12.3 Å². The zero-order chi connectivity index (χ0) is 13.8. The van der Waals surface area contributed by atoms with E-state index in [4.69, 9.17) is 0 Å². The fourth-order valence-corrected chi connectivity index (χ4v) is 2.99. The van der Waals surface area contributed by atoms with Crippen LogP contribution in [-0.4, -0.2) is 15.9 Å². The van der Waals surface area contributed by atoms with Crippen molar-refractivity contribution >= 4 is 11.4 Å². The largest absolute Gasteiger partial charge is 0.376 e. The van der Waals surface area contributed by atoms with Crippen LogP contribution in [0.3, 0.4) is 0 Å². The van der Waals surface area contributed by atoms with Crippen molar-refractivity contribution in [3.63, 3.8) is 0 Å². The molecule has 0 saturated heterocycles. The Balaban J connectivity index is 2.17. The summed E-state index contributed by atoms with van der Waals surface area (Å²) in [5, 5.41) is 14.4. The first-order chi connectivity index (χ1) is 9.09. The predicted molar refractivity (Wildman–Crippen MR) is 75.1 cm³/mol. The molecule has 0 bridgehead atoms. The standard InChI is InChI=1S/C14H21N3O2/c1-10(2)11-5-3-4-6-12(11)16-13-7-8-15-9-14(13)17(18)19/h7-12H,3-6H2,1-2H3,(H,15,16). The van der Waals surface area contributed by atoms with E-state index in [0.717, 1.165) is 6.42 Å². The van der Waals surface area contributed by atoms with Crippen LogP contribution in [0.1, 0.15) is 39.5 Å². The first-order valence-electron chi connectivity index (χ1n) is 6.94. The maximum atomic E-state index is 11.0. The number of nitrogens with zero attached hydrogens (tertiary/aromatic N) is 2. The summed E-state index contributed by atoms with van der Waals surface area (Å²) in [5.74, 6) is 1.18. The number of nitro groups is 1. The van der Waals surface area contributed by atoms with Crippen molar-refractivity contribution in [3.05, 3.63) is 28.6 Å². The van der Waals surface area contributed by atoms with Crippen molar-refractivity contribution in [2.45, 2.75) is 45.6 Å². The van der Waals surface area contributed by atoms with Crippen LogP contribution in [0.2, 0.25) is 0 Å². The van der Waals surface area contributed by atoms with Gasteiger partial charge in [0.15, 0.2) is 0 Å². The second-order valence-corrected chi connectivity index (χ2v) is 5.59. The maximum Gasteiger partial charge on any atom is 0.310 e. The van der Waals surface area contributed by atoms with Crippen molar-refractivity contribution in [1.29, 1.82) is 0 Å². The number of aromatic nitrogens is 1. The Kier molecular flexibility index (Phi) is 4.35. The van der Waals surface area contributed by atoms with Crippen molar-refractivity contribution in [1.82, 2.24) is 4.98 Å². The molecule has 1 fully saturated rings. The number of hydrogen-bond acceptors (Lipinski definition) is 4. The summed E-state index contributed by atoms with van der Waals surface area (Å²) in [6, 6.07) is 2.03. The van der Waals surface area contributed by atoms with E-state index >= 15 is 0 Å². The Morgan fingerprint density at radius 2 is 2.16 bits per heavy atom. The highest BCUT2D eigenvalue weighted by molar-refractivity contribution is 5.60. The molecule has 19 heavy (non-hydrogen) atoms. The minimum absolute atomic E-state index is 0.0654. The van der Waals surface area contributed by atoms with Gasteiger partial charge in [-0.3, -0.25) is 15.1 Å². The fourth-order valence-electron chi connectivity index (χ4n) is 2.99. The highest BCUT2D eigenvalue weighted by atomic mass is 16.6. The number of hydrogen-bond donors (Lipinski definition) is 1. The molecule has 5 nitrogen and oxygen atoms in total. The normalized spacial score (nSPS) is 23.3. The highest BCUT2D eigenvalue weighted by Crippen LogP contribution is 2.34. The van der Waals surface area contributed by atoms with E-state index < -0.39 is 0 Å². The van der Waals surface area contributed by atoms with Crippen LogP contribution in [-0.2, 0) is 0 Å². The molecule has 1 aliphatic carbocycles. The lowest BCUT2D eigenvalue weighted by atomic mass is 9.78. The molecule has 5 heteroatoms. The van der Waals surface area contributed by atoms with Gasteiger partial charge in [-0.1, -0.05) is 26.7 Å². The third-order valence-electron chi connectivity index (χ3n) is 4.01. The molecule has 0 amide bonds. The second-order valence-electron chi connectivity index (χ2n) is 5.59. The number of pyridine rings is 1. The van der Waals surface area contributed by atoms with E-state index in [9.17, 15) is 10.1 Å². The molecule has 1 heterocycles. The van der Waals surface area contributed by atoms with Gasteiger partial charge in [0, 0.05) is 12.2 Å². The topological polar surface area (TPSA) is 68.1 Å². The van der Waals surface area contributed by atoms with Crippen LogP contribution in [0, 0.1) is 22.0 Å². The van der Waals surface area contributed by atoms with Gasteiger partial charge in [-0.15, -0.1) is 0 Å². The lowest BCUT2D eigenvalue weighted by molar-refractivity contribution is -0.384. The number of anilines is 1. The van der Waals surface area contributed by atoms with Gasteiger partial charge in [-0.2, -0.15) is 0 Å². The van der Waals surface area contributed by atoms with Crippen LogP contribution in [0.25, 0.3) is 0 Å². The second kappa shape index (κ2) is 5.99. The zero-order valence-electron chi connectivity index (χ0n) is 11.5. The molecular weight excluding hydrogens is 242 g/mol. The third-order valence-corrected chi connectivity index (χ3v) is 4.01. The van der Waals surface area contributed by atoms with Gasteiger partial charge in [0.2, 0.25) is 0 Å². The summed E-state index contributed by atoms with van der Waals surface area (Å²) in [4.78, 5) is 14.5. The third kappa shape index (κ3) is 3.22. The quantitative estimate of drug-likeness (QED) is 0.665. The Labute approximate surface area is 113 Å². The van der Waals surface area contributed by atoms with Crippen LogP contribution in [0.4, 0.5) is 11.4 Å². The Morgan fingerprint density at radius 1 is 1.42 bits per heavy atom. The molecule has 1 aromatic heterocycles. The van der Waals surface area contributed by atoms with Crippen LogP contribution >= 0.6 is 0 Å². The summed E-state index contributed by atoms with van der Waals surface area (Å²) in [7, 11) is 0. The van der Waals surface area contributed by atoms with Crippen LogP contribution < -0.4 is 5.32 Å². The predicted octanol–water partition coefficient (Wildman–Crippen LogP) is 3.62. The summed E-state index contributed by atoms with van der Waals surface area (Å²) >= 11 is 0. The lowest BCUT2D eigenvalue weighted by Crippen LogP contribution is -2.35. The lowest BCUT2D eigenvalue weighted by Gasteiger charge is -2.35. The maximum absolute atomic E-state index is 11.0. The SMILES string of the molecule is CC(C)C1CCCCC1Nc1ccncc1[N+](=O)[O-]. The fraction of sp³-hybridized carbons (Fsp3) is 0.643. The number of nitrogens with one attached hydrogen (secondary N) is 1. The van der Waals surface area contributed by atoms with Crippen molar-refractivity contribution in [2.24, 2.45) is 11.8 Å². The molecule has 1 saturated carbocycles. The Hall–Kier alpha value is -1.65. The highest BCUT2D eigenvalue weighted by Gasteiger charge is 2.28. The van der Waals surface area contributed by atoms with Gasteiger partial charge in [0.25, 0.3) is 0 Å². The van der Waals surface area contributed by atoms with Gasteiger partial charge < -0.3 is 5.32 Å². The smallest absolute Gasteiger partial charge is 0.310 e. The molecule has 1 N–H and O–H groups in total. The van der Waals surface area contributed by atoms with E-state index in [2.05, 4.69) is 24.1 Å². The molecule has 2 atom stereocenters. The summed E-state index contributed by atoms with van der Waals surface area (Å²) in [5.41, 5.74) is 0.660. The average molecular weight is 263 g/mol. The molecule has 0 radical (unpaired) electrons. The average Bonchev–Trinajstić information content (AvgIpc) is 2.39. The summed E-state index contributed by atoms with van der Waals surface area (Å²) in [6.45, 7) is 4.46. The molecule has 1 aromatic rings. The molecule has 2 unspecified atom stereocenters. The molecular formula is C14H21N3O2. The van der Waals surface area contributed by atoms with Crippen LogP contribution in [0.15, 0.2) is 18.5 Å². The summed E-state index contributed by atoms with van der Waals surface area (Å²) in [6.07, 6.45) is 7.66. The van der Waals surface area contributed by atoms with Gasteiger partial charge in [-0.05, 0) is 30.7 Å². The number of rotatable bonds is 4. The van der Waals surface area contributed by atoms with E-state index in [0.29, 0.717) is 23.6 Å². The molecule has 1 aliphatic rings. The Morgan fingerprint density at radius 3 is 2.84 bits per heavy atom. The minimum Gasteiger partial charge on any atom is -0.376 e. The summed E-state index contributed by atoms with van der Waals surface area (Å²) < 4.78 is 0. The molecule has 0 spiro atoms. The zero-order valence-corrected chi connectivity index (χ0v) is 11.5. The van der Waals surface area contributed by atoms with Gasteiger partial charge in [0.1, 0.15) is 11.9 Å². The van der Waals surface area contributed by atoms with Crippen molar-refractivity contribution < 1.29 is 4.92 Å². The van der Waals surface area contributed by atoms with Gasteiger partial charge >= 0.3 is 5.69 Å². The Bertz CT molecular complexity index is 448. The van der Waals surface area contributed by atoms with E-state index in [-0.39, 0.29) is 10.6 Å². The van der Waals surface area contributed by atoms with Crippen molar-refractivity contribution in [2.75, 3.05) is 5.32 Å². The first-order valence-corrected chi connectivity index (χ1v) is 6.94. The van der Waals surface area contributed by atoms with Crippen molar-refractivity contribution in [3.8, 4) is 0 Å². The molecule has 2 rings (SSSR count). The molecule has 0 aliphatic heterocycles. The van der Waals surface area contributed by atoms with Gasteiger partial charge in [0.05, 0.1) is 4.92 Å². The van der Waals surface area contributed by atoms with Gasteiger partial charge in [-0.25, -0.2) is 0 Å². The molecule has 0 aromatic carbocycles.